The molecule has 0 radical (unpaired) electrons. The van der Waals surface area contributed by atoms with E-state index in [9.17, 15) is 13.2 Å². The minimum atomic E-state index is -4.05. The number of hydrogen-bond donors (Lipinski definition) is 1. The van der Waals surface area contributed by atoms with Crippen molar-refractivity contribution >= 4 is 66.3 Å². The molecule has 3 rings (SSSR count). The second kappa shape index (κ2) is 8.24. The summed E-state index contributed by atoms with van der Waals surface area (Å²) in [6.07, 6.45) is 1.63. The first-order valence-electron chi connectivity index (χ1n) is 7.83. The summed E-state index contributed by atoms with van der Waals surface area (Å²) in [6.45, 7) is 1.86. The van der Waals surface area contributed by atoms with Crippen LogP contribution in [0.3, 0.4) is 0 Å². The average Bonchev–Trinajstić information content (AvgIpc) is 2.94. The van der Waals surface area contributed by atoms with Gasteiger partial charge in [-0.05, 0) is 58.8 Å². The summed E-state index contributed by atoms with van der Waals surface area (Å²) in [6, 6.07) is 9.53. The summed E-state index contributed by atoms with van der Waals surface area (Å²) < 4.78 is 36.5. The van der Waals surface area contributed by atoms with Crippen molar-refractivity contribution in [2.45, 2.75) is 11.8 Å². The van der Waals surface area contributed by atoms with Crippen LogP contribution < -0.4 is 14.2 Å². The summed E-state index contributed by atoms with van der Waals surface area (Å²) >= 11 is 9.44. The van der Waals surface area contributed by atoms with E-state index in [4.69, 9.17) is 21.1 Å². The van der Waals surface area contributed by atoms with Crippen molar-refractivity contribution in [3.8, 4) is 11.5 Å². The molecular weight excluding hydrogens is 486 g/mol. The quantitative estimate of drug-likeness (QED) is 0.377. The first-order chi connectivity index (χ1) is 13.2. The molecule has 0 atom stereocenters. The molecule has 10 heteroatoms. The number of carbonyl (C=O) groups is 1. The Morgan fingerprint density at radius 2 is 1.89 bits per heavy atom. The third-order valence-electron chi connectivity index (χ3n) is 3.69. The first-order valence-corrected chi connectivity index (χ1v) is 11.3. The highest BCUT2D eigenvalue weighted by molar-refractivity contribution is 9.10. The standard InChI is InChI=1S/C18H14BrNO5S3/c1-10-3-5-12(6-4-10)28(22,23)25-16-13(19)7-11(8-14(16)24-2)9-15-17(21)20-18(26)27-15/h3-9H,1-2H3,(H,20,21,26)/b15-9+. The fourth-order valence-corrected chi connectivity index (χ4v) is 4.99. The number of carbonyl (C=O) groups excluding carboxylic acids is 1. The van der Waals surface area contributed by atoms with Gasteiger partial charge < -0.3 is 14.2 Å². The number of thioether (sulfide) groups is 1. The molecule has 1 heterocycles. The van der Waals surface area contributed by atoms with Crippen LogP contribution >= 0.6 is 39.9 Å². The molecule has 6 nitrogen and oxygen atoms in total. The molecule has 1 amide bonds. The Balaban J connectivity index is 1.96. The van der Waals surface area contributed by atoms with Crippen LogP contribution in [0.25, 0.3) is 6.08 Å². The normalized spacial score (nSPS) is 15.6. The molecule has 1 N–H and O–H groups in total. The Morgan fingerprint density at radius 1 is 1.21 bits per heavy atom. The molecule has 1 saturated heterocycles. The maximum Gasteiger partial charge on any atom is 0.339 e. The third kappa shape index (κ3) is 4.57. The van der Waals surface area contributed by atoms with Gasteiger partial charge in [0.2, 0.25) is 0 Å². The Labute approximate surface area is 180 Å². The lowest BCUT2D eigenvalue weighted by atomic mass is 10.2. The molecule has 0 saturated carbocycles. The number of thiocarbonyl (C=S) groups is 1. The van der Waals surface area contributed by atoms with Gasteiger partial charge in [-0.15, -0.1) is 0 Å². The number of hydrogen-bond acceptors (Lipinski definition) is 7. The minimum absolute atomic E-state index is 0.0178. The lowest BCUT2D eigenvalue weighted by molar-refractivity contribution is -0.115. The molecule has 0 aliphatic carbocycles. The lowest BCUT2D eigenvalue weighted by Gasteiger charge is -2.13. The van der Waals surface area contributed by atoms with Gasteiger partial charge in [0.25, 0.3) is 5.91 Å². The van der Waals surface area contributed by atoms with Crippen LogP contribution in [0.15, 0.2) is 50.7 Å². The van der Waals surface area contributed by atoms with Crippen molar-refractivity contribution in [2.75, 3.05) is 7.11 Å². The largest absolute Gasteiger partial charge is 0.493 e. The minimum Gasteiger partial charge on any atom is -0.493 e. The zero-order valence-electron chi connectivity index (χ0n) is 14.7. The monoisotopic (exact) mass is 499 g/mol. The van der Waals surface area contributed by atoms with Crippen LogP contribution in [0.4, 0.5) is 0 Å². The van der Waals surface area contributed by atoms with Gasteiger partial charge in [0.15, 0.2) is 11.5 Å². The average molecular weight is 500 g/mol. The molecule has 2 aromatic rings. The maximum atomic E-state index is 12.6. The summed E-state index contributed by atoms with van der Waals surface area (Å²) in [4.78, 5) is 12.3. The Kier molecular flexibility index (Phi) is 6.13. The molecule has 1 aliphatic heterocycles. The van der Waals surface area contributed by atoms with E-state index >= 15 is 0 Å². The van der Waals surface area contributed by atoms with E-state index in [1.165, 1.54) is 19.2 Å². The van der Waals surface area contributed by atoms with Crippen molar-refractivity contribution in [1.29, 1.82) is 0 Å². The predicted octanol–water partition coefficient (Wildman–Crippen LogP) is 4.02. The molecule has 28 heavy (non-hydrogen) atoms. The van der Waals surface area contributed by atoms with E-state index in [0.29, 0.717) is 19.3 Å². The Morgan fingerprint density at radius 3 is 2.46 bits per heavy atom. The van der Waals surface area contributed by atoms with Crippen molar-refractivity contribution in [1.82, 2.24) is 5.32 Å². The number of ether oxygens (including phenoxy) is 1. The van der Waals surface area contributed by atoms with Crippen LogP contribution in [0.2, 0.25) is 0 Å². The Bertz CT molecular complexity index is 1090. The van der Waals surface area contributed by atoms with E-state index in [-0.39, 0.29) is 22.3 Å². The molecule has 146 valence electrons. The van der Waals surface area contributed by atoms with Crippen LogP contribution in [-0.2, 0) is 14.9 Å². The summed E-state index contributed by atoms with van der Waals surface area (Å²) in [5, 5.41) is 2.54. The molecule has 2 aromatic carbocycles. The van der Waals surface area contributed by atoms with Crippen molar-refractivity contribution in [2.24, 2.45) is 0 Å². The van der Waals surface area contributed by atoms with Crippen molar-refractivity contribution < 1.29 is 22.1 Å². The molecule has 1 aliphatic rings. The highest BCUT2D eigenvalue weighted by Crippen LogP contribution is 2.39. The molecule has 1 fully saturated rings. The van der Waals surface area contributed by atoms with E-state index in [0.717, 1.165) is 17.3 Å². The van der Waals surface area contributed by atoms with Crippen LogP contribution in [0.1, 0.15) is 11.1 Å². The molecular formula is C18H14BrNO5S3. The van der Waals surface area contributed by atoms with Gasteiger partial charge in [-0.25, -0.2) is 0 Å². The van der Waals surface area contributed by atoms with Crippen LogP contribution in [0, 0.1) is 6.92 Å². The summed E-state index contributed by atoms with van der Waals surface area (Å²) in [5.74, 6) is -0.0699. The van der Waals surface area contributed by atoms with Crippen molar-refractivity contribution in [3.05, 3.63) is 56.9 Å². The first kappa shape index (κ1) is 20.8. The van der Waals surface area contributed by atoms with E-state index < -0.39 is 10.1 Å². The number of aryl methyl sites for hydroxylation is 1. The van der Waals surface area contributed by atoms with Crippen molar-refractivity contribution in [3.63, 3.8) is 0 Å². The summed E-state index contributed by atoms with van der Waals surface area (Å²) in [7, 11) is -2.65. The summed E-state index contributed by atoms with van der Waals surface area (Å²) in [5.41, 5.74) is 1.55. The maximum absolute atomic E-state index is 12.6. The predicted molar refractivity (Wildman–Crippen MR) is 116 cm³/mol. The molecule has 0 spiro atoms. The van der Waals surface area contributed by atoms with Crippen LogP contribution in [-0.4, -0.2) is 25.8 Å². The van der Waals surface area contributed by atoms with Gasteiger partial charge in [-0.3, -0.25) is 4.79 Å². The second-order valence-electron chi connectivity index (χ2n) is 5.74. The zero-order valence-corrected chi connectivity index (χ0v) is 18.7. The number of amides is 1. The highest BCUT2D eigenvalue weighted by atomic mass is 79.9. The Hall–Kier alpha value is -1.88. The number of nitrogens with one attached hydrogen (secondary N) is 1. The van der Waals surface area contributed by atoms with Gasteiger partial charge in [-0.2, -0.15) is 8.42 Å². The van der Waals surface area contributed by atoms with Crippen LogP contribution in [0.5, 0.6) is 11.5 Å². The van der Waals surface area contributed by atoms with Gasteiger partial charge in [0.05, 0.1) is 16.5 Å². The van der Waals surface area contributed by atoms with E-state index in [1.54, 1.807) is 30.3 Å². The molecule has 0 bridgehead atoms. The zero-order chi connectivity index (χ0) is 20.5. The topological polar surface area (TPSA) is 81.7 Å². The second-order valence-corrected chi connectivity index (χ2v) is 9.86. The molecule has 0 aromatic heterocycles. The lowest BCUT2D eigenvalue weighted by Crippen LogP contribution is -2.17. The van der Waals surface area contributed by atoms with Gasteiger partial charge >= 0.3 is 10.1 Å². The number of rotatable bonds is 5. The fraction of sp³-hybridized carbons (Fsp3) is 0.111. The van der Waals surface area contributed by atoms with Gasteiger partial charge in [0, 0.05) is 0 Å². The number of benzene rings is 2. The van der Waals surface area contributed by atoms with E-state index in [2.05, 4.69) is 21.2 Å². The molecule has 0 unspecified atom stereocenters. The number of methoxy groups -OCH3 is 1. The van der Waals surface area contributed by atoms with Gasteiger partial charge in [-0.1, -0.05) is 41.7 Å². The number of halogens is 1. The van der Waals surface area contributed by atoms with Gasteiger partial charge in [0.1, 0.15) is 9.22 Å². The SMILES string of the molecule is COc1cc(/C=C2/SC(=S)NC2=O)cc(Br)c1OS(=O)(=O)c1ccc(C)cc1. The van der Waals surface area contributed by atoms with E-state index in [1.807, 2.05) is 6.92 Å². The third-order valence-corrected chi connectivity index (χ3v) is 6.68. The highest BCUT2D eigenvalue weighted by Gasteiger charge is 2.24. The fourth-order valence-electron chi connectivity index (χ4n) is 2.34. The smallest absolute Gasteiger partial charge is 0.339 e.